The maximum Gasteiger partial charge on any atom is 0.295 e. The quantitative estimate of drug-likeness (QED) is 0.203. The highest BCUT2D eigenvalue weighted by Crippen LogP contribution is 2.37. The minimum atomic E-state index is -0.680. The molecule has 0 spiro atoms. The fourth-order valence-corrected chi connectivity index (χ4v) is 5.02. The smallest absolute Gasteiger partial charge is 0.295 e. The van der Waals surface area contributed by atoms with Gasteiger partial charge in [-0.05, 0) is 55.5 Å². The first-order valence-electron chi connectivity index (χ1n) is 12.6. The third-order valence-electron chi connectivity index (χ3n) is 6.82. The molecular weight excluding hydrogens is 542 g/mol. The van der Waals surface area contributed by atoms with Crippen molar-refractivity contribution in [2.45, 2.75) is 6.92 Å². The number of nitrogens with one attached hydrogen (secondary N) is 1. The molecule has 1 N–H and O–H groups in total. The molecule has 41 heavy (non-hydrogen) atoms. The Labute approximate surface area is 241 Å². The van der Waals surface area contributed by atoms with Crippen molar-refractivity contribution in [2.24, 2.45) is 7.05 Å². The van der Waals surface area contributed by atoms with Gasteiger partial charge in [0.1, 0.15) is 22.8 Å². The van der Waals surface area contributed by atoms with Gasteiger partial charge < -0.3 is 14.8 Å². The minimum absolute atomic E-state index is 0.0755. The summed E-state index contributed by atoms with van der Waals surface area (Å²) in [7, 11) is 4.71. The molecule has 0 radical (unpaired) electrons. The third kappa shape index (κ3) is 4.66. The number of rotatable bonds is 7. The van der Waals surface area contributed by atoms with Gasteiger partial charge in [0.2, 0.25) is 0 Å². The SMILES string of the molecule is COc1ccccc1N1C(=O)C(=CNc2c(C)n(C)n(-c3ccccc3)c2=O)C(=O)N(c2ccccc2OC)C1=S. The third-order valence-corrected chi connectivity index (χ3v) is 7.18. The van der Waals surface area contributed by atoms with Crippen molar-refractivity contribution in [2.75, 3.05) is 29.3 Å². The Kier molecular flexibility index (Phi) is 7.45. The molecule has 2 amide bonds. The number of anilines is 3. The molecule has 0 bridgehead atoms. The molecular formula is C30H27N5O5S. The van der Waals surface area contributed by atoms with Crippen LogP contribution in [0.5, 0.6) is 11.5 Å². The number of methoxy groups -OCH3 is 2. The summed E-state index contributed by atoms with van der Waals surface area (Å²) in [5.41, 5.74) is 1.60. The molecule has 4 aromatic rings. The number of nitrogens with zero attached hydrogens (tertiary/aromatic N) is 4. The molecule has 1 aromatic heterocycles. The molecule has 0 aliphatic carbocycles. The number of carbonyl (C=O) groups excluding carboxylic acids is 2. The molecule has 10 nitrogen and oxygen atoms in total. The van der Waals surface area contributed by atoms with Gasteiger partial charge in [0.15, 0.2) is 5.11 Å². The fraction of sp³-hybridized carbons (Fsp3) is 0.133. The van der Waals surface area contributed by atoms with E-state index >= 15 is 0 Å². The monoisotopic (exact) mass is 569 g/mol. The Morgan fingerprint density at radius 3 is 1.76 bits per heavy atom. The van der Waals surface area contributed by atoms with E-state index in [-0.39, 0.29) is 21.9 Å². The van der Waals surface area contributed by atoms with E-state index in [9.17, 15) is 14.4 Å². The first kappa shape index (κ1) is 27.4. The summed E-state index contributed by atoms with van der Waals surface area (Å²) in [6, 6.07) is 22.9. The van der Waals surface area contributed by atoms with E-state index in [1.54, 1.807) is 67.2 Å². The summed E-state index contributed by atoms with van der Waals surface area (Å²) in [4.78, 5) is 43.8. The highest BCUT2D eigenvalue weighted by molar-refractivity contribution is 7.81. The molecule has 0 atom stereocenters. The normalized spacial score (nSPS) is 13.5. The number of amides is 2. The van der Waals surface area contributed by atoms with Crippen LogP contribution in [0.4, 0.5) is 17.1 Å². The van der Waals surface area contributed by atoms with Gasteiger partial charge in [-0.2, -0.15) is 0 Å². The second-order valence-electron chi connectivity index (χ2n) is 9.05. The maximum absolute atomic E-state index is 13.9. The van der Waals surface area contributed by atoms with Crippen molar-refractivity contribution < 1.29 is 19.1 Å². The molecule has 3 aromatic carbocycles. The summed E-state index contributed by atoms with van der Waals surface area (Å²) >= 11 is 5.72. The fourth-order valence-electron chi connectivity index (χ4n) is 4.66. The topological polar surface area (TPSA) is 98.0 Å². The standard InChI is InChI=1S/C30H27N5O5S/c1-19-26(29(38)35(32(19)2)20-12-6-5-7-13-20)31-18-21-27(36)33(22-14-8-10-16-24(22)39-3)30(41)34(28(21)37)23-15-9-11-17-25(23)40-4/h5-18,31H,1-4H3. The summed E-state index contributed by atoms with van der Waals surface area (Å²) in [6.45, 7) is 1.77. The molecule has 11 heteroatoms. The average molecular weight is 570 g/mol. The highest BCUT2D eigenvalue weighted by atomic mass is 32.1. The van der Waals surface area contributed by atoms with E-state index < -0.39 is 11.8 Å². The van der Waals surface area contributed by atoms with E-state index in [0.29, 0.717) is 34.3 Å². The van der Waals surface area contributed by atoms with Gasteiger partial charge in [-0.15, -0.1) is 0 Å². The molecule has 1 saturated heterocycles. The summed E-state index contributed by atoms with van der Waals surface area (Å²) in [5.74, 6) is -0.593. The lowest BCUT2D eigenvalue weighted by atomic mass is 10.1. The van der Waals surface area contributed by atoms with Gasteiger partial charge >= 0.3 is 0 Å². The van der Waals surface area contributed by atoms with Crippen molar-refractivity contribution in [1.29, 1.82) is 0 Å². The molecule has 1 fully saturated rings. The van der Waals surface area contributed by atoms with Gasteiger partial charge in [0.25, 0.3) is 17.4 Å². The first-order chi connectivity index (χ1) is 19.8. The Balaban J connectivity index is 1.64. The van der Waals surface area contributed by atoms with Crippen molar-refractivity contribution in [1.82, 2.24) is 9.36 Å². The summed E-state index contributed by atoms with van der Waals surface area (Å²) in [6.07, 6.45) is 1.25. The zero-order chi connectivity index (χ0) is 29.3. The van der Waals surface area contributed by atoms with E-state index in [4.69, 9.17) is 21.7 Å². The van der Waals surface area contributed by atoms with Gasteiger partial charge in [0, 0.05) is 13.2 Å². The number of ether oxygens (including phenoxy) is 2. The summed E-state index contributed by atoms with van der Waals surface area (Å²) < 4.78 is 14.2. The van der Waals surface area contributed by atoms with Crippen LogP contribution < -0.4 is 30.1 Å². The Bertz CT molecular complexity index is 1690. The Hall–Kier alpha value is -5.16. The number of hydrogen-bond donors (Lipinski definition) is 1. The van der Waals surface area contributed by atoms with Gasteiger partial charge in [0.05, 0.1) is 37.0 Å². The maximum atomic E-state index is 13.9. The van der Waals surface area contributed by atoms with Crippen LogP contribution in [0.25, 0.3) is 5.69 Å². The van der Waals surface area contributed by atoms with Crippen molar-refractivity contribution in [3.63, 3.8) is 0 Å². The molecule has 0 saturated carbocycles. The van der Waals surface area contributed by atoms with Crippen molar-refractivity contribution >= 4 is 46.2 Å². The Morgan fingerprint density at radius 2 is 1.24 bits per heavy atom. The van der Waals surface area contributed by atoms with E-state index in [2.05, 4.69) is 5.32 Å². The van der Waals surface area contributed by atoms with Gasteiger partial charge in [-0.25, -0.2) is 14.5 Å². The number of aromatic nitrogens is 2. The van der Waals surface area contributed by atoms with Crippen LogP contribution in [-0.2, 0) is 16.6 Å². The molecule has 1 aliphatic rings. The average Bonchev–Trinajstić information content (AvgIpc) is 3.20. The van der Waals surface area contributed by atoms with Crippen LogP contribution >= 0.6 is 12.2 Å². The predicted molar refractivity (Wildman–Crippen MR) is 161 cm³/mol. The van der Waals surface area contributed by atoms with Crippen LogP contribution in [0.1, 0.15) is 5.69 Å². The van der Waals surface area contributed by atoms with Crippen LogP contribution in [0.15, 0.2) is 95.4 Å². The Morgan fingerprint density at radius 1 is 0.756 bits per heavy atom. The van der Waals surface area contributed by atoms with Crippen LogP contribution in [0.3, 0.4) is 0 Å². The lowest BCUT2D eigenvalue weighted by molar-refractivity contribution is -0.121. The second kappa shape index (κ2) is 11.1. The predicted octanol–water partition coefficient (Wildman–Crippen LogP) is 4.16. The van der Waals surface area contributed by atoms with Gasteiger partial charge in [-0.3, -0.25) is 19.1 Å². The first-order valence-corrected chi connectivity index (χ1v) is 13.0. The van der Waals surface area contributed by atoms with Gasteiger partial charge in [-0.1, -0.05) is 42.5 Å². The number of thiocarbonyl (C=S) groups is 1. The number of benzene rings is 3. The van der Waals surface area contributed by atoms with E-state index in [0.717, 1.165) is 0 Å². The molecule has 208 valence electrons. The zero-order valence-electron chi connectivity index (χ0n) is 22.8. The molecule has 0 unspecified atom stereocenters. The summed E-state index contributed by atoms with van der Waals surface area (Å²) in [5, 5.41) is 2.87. The second-order valence-corrected chi connectivity index (χ2v) is 9.41. The van der Waals surface area contributed by atoms with E-state index in [1.807, 2.05) is 30.3 Å². The lowest BCUT2D eigenvalue weighted by Crippen LogP contribution is -2.57. The van der Waals surface area contributed by atoms with Crippen molar-refractivity contribution in [3.8, 4) is 17.2 Å². The number of hydrogen-bond acceptors (Lipinski definition) is 7. The number of para-hydroxylation sites is 5. The zero-order valence-corrected chi connectivity index (χ0v) is 23.6. The van der Waals surface area contributed by atoms with E-state index in [1.165, 1.54) is 34.9 Å². The van der Waals surface area contributed by atoms with Crippen LogP contribution in [0.2, 0.25) is 0 Å². The van der Waals surface area contributed by atoms with Crippen molar-refractivity contribution in [3.05, 3.63) is 107 Å². The lowest BCUT2D eigenvalue weighted by Gasteiger charge is -2.37. The minimum Gasteiger partial charge on any atom is -0.495 e. The highest BCUT2D eigenvalue weighted by Gasteiger charge is 2.43. The molecule has 1 aliphatic heterocycles. The molecule has 5 rings (SSSR count). The van der Waals surface area contributed by atoms with Crippen LogP contribution in [0, 0.1) is 6.92 Å². The number of carbonyl (C=O) groups is 2. The largest absolute Gasteiger partial charge is 0.495 e. The molecule has 2 heterocycles. The van der Waals surface area contributed by atoms with Crippen LogP contribution in [-0.4, -0.2) is 40.5 Å².